The van der Waals surface area contributed by atoms with Gasteiger partial charge in [0.15, 0.2) is 0 Å². The van der Waals surface area contributed by atoms with Gasteiger partial charge < -0.3 is 0 Å². The zero-order valence-electron chi connectivity index (χ0n) is 8.20. The van der Waals surface area contributed by atoms with Gasteiger partial charge in [0.2, 0.25) is 0 Å². The molecule has 0 radical (unpaired) electrons. The Hall–Kier alpha value is -0.890. The van der Waals surface area contributed by atoms with E-state index < -0.39 is 0 Å². The van der Waals surface area contributed by atoms with E-state index >= 15 is 0 Å². The maximum Gasteiger partial charge on any atom is 0.0932 e. The Morgan fingerprint density at radius 1 is 1.15 bits per heavy atom. The van der Waals surface area contributed by atoms with E-state index in [9.17, 15) is 4.21 Å². The Morgan fingerprint density at radius 2 is 1.69 bits per heavy atom. The molecule has 0 aliphatic heterocycles. The van der Waals surface area contributed by atoms with E-state index in [4.69, 9.17) is 0 Å². The molecule has 0 amide bonds. The fraction of sp³-hybridized carbons (Fsp3) is 0.364. The Morgan fingerprint density at radius 3 is 2.08 bits per heavy atom. The lowest BCUT2D eigenvalue weighted by Gasteiger charge is -2.19. The van der Waals surface area contributed by atoms with Crippen LogP contribution in [0.4, 0.5) is 0 Å². The highest BCUT2D eigenvalue weighted by Crippen LogP contribution is 2.20. The lowest BCUT2D eigenvalue weighted by atomic mass is 9.88. The van der Waals surface area contributed by atoms with E-state index in [2.05, 4.69) is 20.8 Å². The average molecular weight is 194 g/mol. The summed E-state index contributed by atoms with van der Waals surface area (Å²) in [5.41, 5.74) is 0.975. The monoisotopic (exact) mass is 194 g/mol. The third kappa shape index (κ3) is 2.52. The summed E-state index contributed by atoms with van der Waals surface area (Å²) in [5.74, 6) is 0. The Bertz CT molecular complexity index is 329. The van der Waals surface area contributed by atoms with Gasteiger partial charge in [-0.2, -0.15) is 0 Å². The van der Waals surface area contributed by atoms with Crippen LogP contribution in [0.2, 0.25) is 0 Å². The second kappa shape index (κ2) is 3.88. The van der Waals surface area contributed by atoms with Crippen molar-refractivity contribution in [3.05, 3.63) is 35.9 Å². The summed E-state index contributed by atoms with van der Waals surface area (Å²) in [5, 5.41) is 0. The molecule has 0 unspecified atom stereocenters. The summed E-state index contributed by atoms with van der Waals surface area (Å²) < 4.78 is 11.0. The van der Waals surface area contributed by atoms with Gasteiger partial charge in [0, 0.05) is 0 Å². The first kappa shape index (κ1) is 10.2. The fourth-order valence-corrected chi connectivity index (χ4v) is 1.68. The molecule has 1 nitrogen and oxygen atoms in total. The zero-order chi connectivity index (χ0) is 9.90. The van der Waals surface area contributed by atoms with E-state index in [-0.39, 0.29) is 5.41 Å². The third-order valence-corrected chi connectivity index (χ3v) is 2.82. The highest BCUT2D eigenvalue weighted by atomic mass is 32.1. The molecule has 0 aliphatic rings. The normalized spacial score (nSPS) is 11.0. The fourth-order valence-electron chi connectivity index (χ4n) is 1.20. The first-order valence-corrected chi connectivity index (χ1v) is 5.02. The summed E-state index contributed by atoms with van der Waals surface area (Å²) >= 11 is 0.597. The molecule has 1 aromatic carbocycles. The van der Waals surface area contributed by atoms with Gasteiger partial charge in [-0.3, -0.25) is 0 Å². The standard InChI is InChI=1S/C11H14OS/c1-11(2,3)10(13-12)9-7-5-4-6-8-9/h4-8H,1-3H3. The number of hydrogen-bond donors (Lipinski definition) is 0. The molecule has 0 spiro atoms. The minimum absolute atomic E-state index is 0.0617. The van der Waals surface area contributed by atoms with Crippen molar-refractivity contribution in [1.29, 1.82) is 0 Å². The Kier molecular flexibility index (Phi) is 3.04. The van der Waals surface area contributed by atoms with Crippen LogP contribution in [-0.2, 0) is 11.3 Å². The second-order valence-corrected chi connectivity index (χ2v) is 4.60. The number of rotatable bonds is 1. The largest absolute Gasteiger partial charge is 0.212 e. The molecule has 0 saturated carbocycles. The molecule has 0 aromatic heterocycles. The van der Waals surface area contributed by atoms with Gasteiger partial charge in [-0.15, -0.1) is 0 Å². The van der Waals surface area contributed by atoms with Gasteiger partial charge in [-0.25, -0.2) is 4.21 Å². The topological polar surface area (TPSA) is 17.1 Å². The van der Waals surface area contributed by atoms with Crippen LogP contribution in [0.25, 0.3) is 0 Å². The minimum Gasteiger partial charge on any atom is -0.212 e. The van der Waals surface area contributed by atoms with Crippen LogP contribution < -0.4 is 0 Å². The molecule has 1 aromatic rings. The van der Waals surface area contributed by atoms with Crippen LogP contribution in [0.1, 0.15) is 26.3 Å². The molecule has 1 rings (SSSR count). The van der Waals surface area contributed by atoms with Crippen LogP contribution in [0.15, 0.2) is 30.3 Å². The van der Waals surface area contributed by atoms with Crippen molar-refractivity contribution in [2.75, 3.05) is 0 Å². The van der Waals surface area contributed by atoms with Gasteiger partial charge in [-0.1, -0.05) is 51.1 Å². The number of hydrogen-bond acceptors (Lipinski definition) is 1. The lowest BCUT2D eigenvalue weighted by molar-refractivity contribution is 0.600. The molecule has 0 heterocycles. The molecular formula is C11H14OS. The maximum absolute atomic E-state index is 11.0. The molecule has 0 bridgehead atoms. The second-order valence-electron chi connectivity index (χ2n) is 4.03. The SMILES string of the molecule is CC(C)(C)C(=S=O)c1ccccc1. The van der Waals surface area contributed by atoms with Gasteiger partial charge >= 0.3 is 0 Å². The van der Waals surface area contributed by atoms with Gasteiger partial charge in [0.1, 0.15) is 0 Å². The van der Waals surface area contributed by atoms with Gasteiger partial charge in [-0.05, 0) is 11.0 Å². The predicted octanol–water partition coefficient (Wildman–Crippen LogP) is 2.47. The molecule has 0 fully saturated rings. The van der Waals surface area contributed by atoms with Crippen molar-refractivity contribution in [2.45, 2.75) is 20.8 Å². The Labute approximate surface area is 82.9 Å². The highest BCUT2D eigenvalue weighted by molar-refractivity contribution is 7.67. The first-order chi connectivity index (χ1) is 6.05. The van der Waals surface area contributed by atoms with E-state index in [0.717, 1.165) is 10.4 Å². The van der Waals surface area contributed by atoms with Crippen LogP contribution in [-0.4, -0.2) is 9.07 Å². The molecule has 13 heavy (non-hydrogen) atoms. The molecule has 0 N–H and O–H groups in total. The molecular weight excluding hydrogens is 180 g/mol. The first-order valence-electron chi connectivity index (χ1n) is 4.28. The van der Waals surface area contributed by atoms with Gasteiger partial charge in [0.25, 0.3) is 0 Å². The minimum atomic E-state index is -0.0617. The lowest BCUT2D eigenvalue weighted by Crippen LogP contribution is -2.21. The summed E-state index contributed by atoms with van der Waals surface area (Å²) in [7, 11) is 0. The van der Waals surface area contributed by atoms with Crippen molar-refractivity contribution >= 4 is 16.1 Å². The Balaban J connectivity index is 3.15. The maximum atomic E-state index is 11.0. The third-order valence-electron chi connectivity index (χ3n) is 1.80. The highest BCUT2D eigenvalue weighted by Gasteiger charge is 2.19. The molecule has 2 heteroatoms. The average Bonchev–Trinajstić information content (AvgIpc) is 2.05. The van der Waals surface area contributed by atoms with Crippen LogP contribution in [0.3, 0.4) is 0 Å². The van der Waals surface area contributed by atoms with Crippen molar-refractivity contribution in [2.24, 2.45) is 5.41 Å². The summed E-state index contributed by atoms with van der Waals surface area (Å²) in [6, 6.07) is 9.82. The molecule has 0 aliphatic carbocycles. The van der Waals surface area contributed by atoms with Crippen LogP contribution >= 0.6 is 0 Å². The van der Waals surface area contributed by atoms with Crippen molar-refractivity contribution < 1.29 is 4.21 Å². The van der Waals surface area contributed by atoms with Crippen molar-refractivity contribution in [3.8, 4) is 0 Å². The van der Waals surface area contributed by atoms with E-state index in [0.29, 0.717) is 11.3 Å². The van der Waals surface area contributed by atoms with Crippen molar-refractivity contribution in [3.63, 3.8) is 0 Å². The predicted molar refractivity (Wildman–Crippen MR) is 58.1 cm³/mol. The van der Waals surface area contributed by atoms with Crippen LogP contribution in [0.5, 0.6) is 0 Å². The number of benzene rings is 1. The summed E-state index contributed by atoms with van der Waals surface area (Å²) in [4.78, 5) is 0.896. The molecule has 70 valence electrons. The molecule has 0 saturated heterocycles. The van der Waals surface area contributed by atoms with E-state index in [1.807, 2.05) is 30.3 Å². The zero-order valence-corrected chi connectivity index (χ0v) is 9.02. The smallest absolute Gasteiger partial charge is 0.0932 e. The quantitative estimate of drug-likeness (QED) is 0.496. The van der Waals surface area contributed by atoms with Crippen LogP contribution in [0, 0.1) is 5.41 Å². The molecule has 0 atom stereocenters. The van der Waals surface area contributed by atoms with E-state index in [1.165, 1.54) is 0 Å². The van der Waals surface area contributed by atoms with E-state index in [1.54, 1.807) is 0 Å². The summed E-state index contributed by atoms with van der Waals surface area (Å²) in [6.07, 6.45) is 0. The van der Waals surface area contributed by atoms with Gasteiger partial charge in [0.05, 0.1) is 16.1 Å². The van der Waals surface area contributed by atoms with Crippen molar-refractivity contribution in [1.82, 2.24) is 0 Å². The summed E-state index contributed by atoms with van der Waals surface area (Å²) in [6.45, 7) is 6.17.